The van der Waals surface area contributed by atoms with Crippen molar-refractivity contribution >= 4 is 11.8 Å². The summed E-state index contributed by atoms with van der Waals surface area (Å²) in [5.41, 5.74) is 2.37. The van der Waals surface area contributed by atoms with Gasteiger partial charge in [-0.3, -0.25) is 9.59 Å². The van der Waals surface area contributed by atoms with E-state index in [1.807, 2.05) is 12.1 Å². The van der Waals surface area contributed by atoms with E-state index in [1.54, 1.807) is 0 Å². The third-order valence-corrected chi connectivity index (χ3v) is 6.38. The number of carbonyl (C=O) groups excluding carboxylic acids is 2. The molecule has 2 aliphatic rings. The van der Waals surface area contributed by atoms with E-state index in [2.05, 4.69) is 29.7 Å². The molecule has 148 valence electrons. The SMILES string of the molecule is Cc1ccccc1CNC(=O)C1CCC(C(=O)NC2CCCCCC2)CC1. The molecule has 2 aliphatic carbocycles. The Kier molecular flexibility index (Phi) is 7.31. The standard InChI is InChI=1S/C23H34N2O2/c1-17-8-6-7-9-20(17)16-24-22(26)18-12-14-19(15-13-18)23(27)25-21-10-4-2-3-5-11-21/h6-9,18-19,21H,2-5,10-16H2,1H3,(H,24,26)(H,25,27). The maximum absolute atomic E-state index is 12.6. The predicted octanol–water partition coefficient (Wildman–Crippen LogP) is 4.26. The molecule has 2 N–H and O–H groups in total. The minimum absolute atomic E-state index is 0.0518. The van der Waals surface area contributed by atoms with Crippen LogP contribution in [0.5, 0.6) is 0 Å². The van der Waals surface area contributed by atoms with Gasteiger partial charge in [-0.2, -0.15) is 0 Å². The van der Waals surface area contributed by atoms with E-state index in [9.17, 15) is 9.59 Å². The molecule has 4 heteroatoms. The number of rotatable bonds is 5. The molecule has 2 amide bonds. The number of carbonyl (C=O) groups is 2. The van der Waals surface area contributed by atoms with Gasteiger partial charge >= 0.3 is 0 Å². The molecule has 1 aromatic rings. The van der Waals surface area contributed by atoms with Crippen LogP contribution in [-0.2, 0) is 16.1 Å². The largest absolute Gasteiger partial charge is 0.353 e. The van der Waals surface area contributed by atoms with Crippen molar-refractivity contribution < 1.29 is 9.59 Å². The van der Waals surface area contributed by atoms with Gasteiger partial charge in [0.2, 0.25) is 11.8 Å². The first-order valence-electron chi connectivity index (χ1n) is 10.8. The lowest BCUT2D eigenvalue weighted by molar-refractivity contribution is -0.131. The second-order valence-electron chi connectivity index (χ2n) is 8.39. The van der Waals surface area contributed by atoms with Crippen LogP contribution in [0, 0.1) is 18.8 Å². The Morgan fingerprint density at radius 1 is 0.852 bits per heavy atom. The van der Waals surface area contributed by atoms with Gasteiger partial charge in [-0.25, -0.2) is 0 Å². The van der Waals surface area contributed by atoms with Gasteiger partial charge in [-0.1, -0.05) is 49.9 Å². The third-order valence-electron chi connectivity index (χ3n) is 6.38. The van der Waals surface area contributed by atoms with Crippen molar-refractivity contribution in [1.82, 2.24) is 10.6 Å². The molecule has 0 spiro atoms. The van der Waals surface area contributed by atoms with Crippen molar-refractivity contribution in [2.75, 3.05) is 0 Å². The fraction of sp³-hybridized carbons (Fsp3) is 0.652. The Hall–Kier alpha value is -1.84. The first-order chi connectivity index (χ1) is 13.1. The van der Waals surface area contributed by atoms with Crippen molar-refractivity contribution in [2.24, 2.45) is 11.8 Å². The molecular formula is C23H34N2O2. The molecule has 0 atom stereocenters. The number of hydrogen-bond acceptors (Lipinski definition) is 2. The topological polar surface area (TPSA) is 58.2 Å². The first kappa shape index (κ1) is 19.9. The summed E-state index contributed by atoms with van der Waals surface area (Å²) in [5.74, 6) is 0.506. The van der Waals surface area contributed by atoms with E-state index in [-0.39, 0.29) is 23.7 Å². The zero-order valence-electron chi connectivity index (χ0n) is 16.6. The van der Waals surface area contributed by atoms with Gasteiger partial charge in [0.05, 0.1) is 0 Å². The molecule has 0 aliphatic heterocycles. The van der Waals surface area contributed by atoms with Gasteiger partial charge < -0.3 is 10.6 Å². The molecule has 0 heterocycles. The van der Waals surface area contributed by atoms with Crippen LogP contribution in [0.25, 0.3) is 0 Å². The lowest BCUT2D eigenvalue weighted by Gasteiger charge is -2.28. The molecular weight excluding hydrogens is 336 g/mol. The van der Waals surface area contributed by atoms with Crippen LogP contribution >= 0.6 is 0 Å². The van der Waals surface area contributed by atoms with Crippen LogP contribution in [0.1, 0.15) is 75.3 Å². The molecule has 27 heavy (non-hydrogen) atoms. The number of hydrogen-bond donors (Lipinski definition) is 2. The Balaban J connectivity index is 1.40. The highest BCUT2D eigenvalue weighted by Crippen LogP contribution is 2.30. The molecule has 4 nitrogen and oxygen atoms in total. The smallest absolute Gasteiger partial charge is 0.223 e. The summed E-state index contributed by atoms with van der Waals surface area (Å²) in [7, 11) is 0. The summed E-state index contributed by atoms with van der Waals surface area (Å²) in [6.07, 6.45) is 10.6. The van der Waals surface area contributed by atoms with Gasteiger partial charge in [-0.05, 0) is 56.6 Å². The Morgan fingerprint density at radius 3 is 2.07 bits per heavy atom. The lowest BCUT2D eigenvalue weighted by Crippen LogP contribution is -2.41. The molecule has 0 saturated heterocycles. The maximum atomic E-state index is 12.6. The van der Waals surface area contributed by atoms with E-state index in [0.717, 1.165) is 38.5 Å². The lowest BCUT2D eigenvalue weighted by atomic mass is 9.81. The summed E-state index contributed by atoms with van der Waals surface area (Å²) in [5, 5.41) is 6.37. The predicted molar refractivity (Wildman–Crippen MR) is 108 cm³/mol. The monoisotopic (exact) mass is 370 g/mol. The number of benzene rings is 1. The highest BCUT2D eigenvalue weighted by Gasteiger charge is 2.30. The first-order valence-corrected chi connectivity index (χ1v) is 10.8. The molecule has 3 rings (SSSR count). The maximum Gasteiger partial charge on any atom is 0.223 e. The van der Waals surface area contributed by atoms with E-state index in [0.29, 0.717) is 12.6 Å². The van der Waals surface area contributed by atoms with Crippen molar-refractivity contribution in [3.8, 4) is 0 Å². The normalized spacial score (nSPS) is 24.0. The van der Waals surface area contributed by atoms with Crippen LogP contribution in [0.3, 0.4) is 0 Å². The molecule has 2 saturated carbocycles. The number of amides is 2. The number of aryl methyl sites for hydroxylation is 1. The van der Waals surface area contributed by atoms with Crippen LogP contribution in [0.15, 0.2) is 24.3 Å². The van der Waals surface area contributed by atoms with E-state index >= 15 is 0 Å². The van der Waals surface area contributed by atoms with Crippen molar-refractivity contribution in [3.05, 3.63) is 35.4 Å². The highest BCUT2D eigenvalue weighted by atomic mass is 16.2. The minimum Gasteiger partial charge on any atom is -0.353 e. The summed E-state index contributed by atoms with van der Waals surface area (Å²) in [6.45, 7) is 2.66. The summed E-state index contributed by atoms with van der Waals surface area (Å²) in [4.78, 5) is 25.1. The summed E-state index contributed by atoms with van der Waals surface area (Å²) in [6, 6.07) is 8.52. The zero-order valence-corrected chi connectivity index (χ0v) is 16.6. The summed E-state index contributed by atoms with van der Waals surface area (Å²) < 4.78 is 0. The molecule has 0 aromatic heterocycles. The average Bonchev–Trinajstić information content (AvgIpc) is 2.96. The Bertz CT molecular complexity index is 627. The van der Waals surface area contributed by atoms with Crippen LogP contribution in [0.2, 0.25) is 0 Å². The quantitative estimate of drug-likeness (QED) is 0.761. The summed E-state index contributed by atoms with van der Waals surface area (Å²) >= 11 is 0. The average molecular weight is 371 g/mol. The van der Waals surface area contributed by atoms with Gasteiger partial charge in [0.1, 0.15) is 0 Å². The van der Waals surface area contributed by atoms with Gasteiger partial charge in [0.15, 0.2) is 0 Å². The number of nitrogens with one attached hydrogen (secondary N) is 2. The van der Waals surface area contributed by atoms with E-state index in [4.69, 9.17) is 0 Å². The van der Waals surface area contributed by atoms with Crippen molar-refractivity contribution in [1.29, 1.82) is 0 Å². The molecule has 1 aromatic carbocycles. The van der Waals surface area contributed by atoms with Crippen molar-refractivity contribution in [2.45, 2.75) is 83.7 Å². The van der Waals surface area contributed by atoms with Gasteiger partial charge in [-0.15, -0.1) is 0 Å². The van der Waals surface area contributed by atoms with E-state index < -0.39 is 0 Å². The molecule has 0 unspecified atom stereocenters. The minimum atomic E-state index is 0.0518. The highest BCUT2D eigenvalue weighted by molar-refractivity contribution is 5.81. The molecule has 0 radical (unpaired) electrons. The van der Waals surface area contributed by atoms with Crippen LogP contribution in [0.4, 0.5) is 0 Å². The second kappa shape index (κ2) is 9.91. The van der Waals surface area contributed by atoms with Crippen LogP contribution in [-0.4, -0.2) is 17.9 Å². The van der Waals surface area contributed by atoms with Crippen LogP contribution < -0.4 is 10.6 Å². The van der Waals surface area contributed by atoms with E-state index in [1.165, 1.54) is 36.8 Å². The molecule has 2 fully saturated rings. The zero-order chi connectivity index (χ0) is 19.1. The third kappa shape index (κ3) is 5.82. The molecule has 0 bridgehead atoms. The Labute approximate surface area is 163 Å². The van der Waals surface area contributed by atoms with Crippen molar-refractivity contribution in [3.63, 3.8) is 0 Å². The second-order valence-corrected chi connectivity index (χ2v) is 8.39. The van der Waals surface area contributed by atoms with Gasteiger partial charge in [0, 0.05) is 24.4 Å². The fourth-order valence-electron chi connectivity index (χ4n) is 4.50. The Morgan fingerprint density at radius 2 is 1.44 bits per heavy atom. The van der Waals surface area contributed by atoms with Gasteiger partial charge in [0.25, 0.3) is 0 Å². The fourth-order valence-corrected chi connectivity index (χ4v) is 4.50.